The van der Waals surface area contributed by atoms with Gasteiger partial charge in [-0.1, -0.05) is 0 Å². The molecule has 6 nitrogen and oxygen atoms in total. The summed E-state index contributed by atoms with van der Waals surface area (Å²) in [5, 5.41) is 12.2. The first-order valence-electron chi connectivity index (χ1n) is 8.68. The standard InChI is InChI=1S/C21H21IN2O4/c1-4-27-17-8-6-16(7-9-17)24-21(25)15(13-23)10-14-11-18(22)20(26-3)19(12-14)28-5-2/h6-12H,4-5H2,1-3H3,(H,24,25)/b15-10-. The predicted octanol–water partition coefficient (Wildman–Crippen LogP) is 4.64. The topological polar surface area (TPSA) is 80.6 Å². The van der Waals surface area contributed by atoms with Crippen LogP contribution in [0.3, 0.4) is 0 Å². The Balaban J connectivity index is 2.25. The molecule has 0 saturated heterocycles. The minimum Gasteiger partial charge on any atom is -0.494 e. The molecule has 0 aliphatic heterocycles. The van der Waals surface area contributed by atoms with Gasteiger partial charge in [0.1, 0.15) is 17.4 Å². The van der Waals surface area contributed by atoms with Crippen LogP contribution in [0, 0.1) is 14.9 Å². The molecule has 0 unspecified atom stereocenters. The zero-order valence-electron chi connectivity index (χ0n) is 15.9. The van der Waals surface area contributed by atoms with Gasteiger partial charge in [-0.15, -0.1) is 0 Å². The van der Waals surface area contributed by atoms with Gasteiger partial charge in [0.2, 0.25) is 0 Å². The molecule has 0 heterocycles. The van der Waals surface area contributed by atoms with Crippen LogP contribution in [0.2, 0.25) is 0 Å². The number of ether oxygens (including phenoxy) is 3. The van der Waals surface area contributed by atoms with Crippen molar-refractivity contribution in [3.05, 3.63) is 51.1 Å². The minimum atomic E-state index is -0.490. The van der Waals surface area contributed by atoms with Gasteiger partial charge < -0.3 is 19.5 Å². The van der Waals surface area contributed by atoms with Crippen molar-refractivity contribution < 1.29 is 19.0 Å². The highest BCUT2D eigenvalue weighted by atomic mass is 127. The fourth-order valence-corrected chi connectivity index (χ4v) is 3.29. The molecule has 7 heteroatoms. The summed E-state index contributed by atoms with van der Waals surface area (Å²) in [5.41, 5.74) is 1.23. The third-order valence-electron chi connectivity index (χ3n) is 3.64. The Bertz CT molecular complexity index is 902. The van der Waals surface area contributed by atoms with E-state index in [9.17, 15) is 10.1 Å². The molecule has 0 atom stereocenters. The number of rotatable bonds is 8. The maximum Gasteiger partial charge on any atom is 0.266 e. The quantitative estimate of drug-likeness (QED) is 0.330. The van der Waals surface area contributed by atoms with Gasteiger partial charge in [0.15, 0.2) is 11.5 Å². The maximum absolute atomic E-state index is 12.5. The van der Waals surface area contributed by atoms with Gasteiger partial charge in [-0.05, 0) is 84.5 Å². The normalized spacial score (nSPS) is 10.8. The van der Waals surface area contributed by atoms with E-state index in [4.69, 9.17) is 14.2 Å². The van der Waals surface area contributed by atoms with Gasteiger partial charge in [-0.25, -0.2) is 0 Å². The highest BCUT2D eigenvalue weighted by Crippen LogP contribution is 2.34. The average molecular weight is 492 g/mol. The Morgan fingerprint density at radius 2 is 1.86 bits per heavy atom. The molecule has 0 radical (unpaired) electrons. The number of halogens is 1. The highest BCUT2D eigenvalue weighted by Gasteiger charge is 2.13. The third kappa shape index (κ3) is 5.63. The van der Waals surface area contributed by atoms with Crippen molar-refractivity contribution in [2.75, 3.05) is 25.6 Å². The molecule has 2 aromatic carbocycles. The first kappa shape index (κ1) is 21.6. The minimum absolute atomic E-state index is 0.0164. The summed E-state index contributed by atoms with van der Waals surface area (Å²) in [7, 11) is 1.57. The Labute approximate surface area is 178 Å². The molecule has 2 rings (SSSR count). The molecule has 2 aromatic rings. The van der Waals surface area contributed by atoms with Gasteiger partial charge in [0.05, 0.1) is 23.9 Å². The van der Waals surface area contributed by atoms with Gasteiger partial charge in [-0.2, -0.15) is 5.26 Å². The van der Waals surface area contributed by atoms with Crippen molar-refractivity contribution >= 4 is 40.3 Å². The van der Waals surface area contributed by atoms with E-state index in [1.807, 2.05) is 26.0 Å². The first-order valence-corrected chi connectivity index (χ1v) is 9.76. The van der Waals surface area contributed by atoms with Crippen LogP contribution < -0.4 is 19.5 Å². The summed E-state index contributed by atoms with van der Waals surface area (Å²) in [5.74, 6) is 1.41. The van der Waals surface area contributed by atoms with Crippen molar-refractivity contribution in [2.24, 2.45) is 0 Å². The number of nitrogens with zero attached hydrogens (tertiary/aromatic N) is 1. The van der Waals surface area contributed by atoms with E-state index in [0.717, 1.165) is 3.57 Å². The molecule has 0 aliphatic carbocycles. The summed E-state index contributed by atoms with van der Waals surface area (Å²) >= 11 is 2.13. The number of amides is 1. The number of anilines is 1. The zero-order chi connectivity index (χ0) is 20.5. The van der Waals surface area contributed by atoms with Crippen LogP contribution in [-0.4, -0.2) is 26.2 Å². The van der Waals surface area contributed by atoms with E-state index in [1.54, 1.807) is 37.4 Å². The molecule has 146 valence electrons. The molecule has 0 aliphatic rings. The predicted molar refractivity (Wildman–Crippen MR) is 117 cm³/mol. The smallest absolute Gasteiger partial charge is 0.266 e. The fraction of sp³-hybridized carbons (Fsp3) is 0.238. The number of methoxy groups -OCH3 is 1. The summed E-state index contributed by atoms with van der Waals surface area (Å²) in [4.78, 5) is 12.5. The van der Waals surface area contributed by atoms with E-state index in [0.29, 0.717) is 41.7 Å². The highest BCUT2D eigenvalue weighted by molar-refractivity contribution is 14.1. The van der Waals surface area contributed by atoms with E-state index in [-0.39, 0.29) is 5.57 Å². The molecule has 0 bridgehead atoms. The van der Waals surface area contributed by atoms with Gasteiger partial charge in [0, 0.05) is 5.69 Å². The number of hydrogen-bond donors (Lipinski definition) is 1. The lowest BCUT2D eigenvalue weighted by Crippen LogP contribution is -2.13. The summed E-state index contributed by atoms with van der Waals surface area (Å²) in [6.07, 6.45) is 1.52. The summed E-state index contributed by atoms with van der Waals surface area (Å²) in [6, 6.07) is 12.5. The van der Waals surface area contributed by atoms with Gasteiger partial charge in [0.25, 0.3) is 5.91 Å². The van der Waals surface area contributed by atoms with Crippen LogP contribution in [0.4, 0.5) is 5.69 Å². The molecule has 0 saturated carbocycles. The Hall–Kier alpha value is -2.73. The van der Waals surface area contributed by atoms with Crippen molar-refractivity contribution in [1.82, 2.24) is 0 Å². The molecule has 1 amide bonds. The fourth-order valence-electron chi connectivity index (χ4n) is 2.45. The number of hydrogen-bond acceptors (Lipinski definition) is 5. The van der Waals surface area contributed by atoms with E-state index >= 15 is 0 Å². The first-order chi connectivity index (χ1) is 13.5. The van der Waals surface area contributed by atoms with Crippen LogP contribution in [-0.2, 0) is 4.79 Å². The Morgan fingerprint density at radius 3 is 2.43 bits per heavy atom. The van der Waals surface area contributed by atoms with E-state index in [1.165, 1.54) is 6.08 Å². The van der Waals surface area contributed by atoms with E-state index < -0.39 is 5.91 Å². The Morgan fingerprint density at radius 1 is 1.18 bits per heavy atom. The number of nitrogens with one attached hydrogen (secondary N) is 1. The Kier molecular flexibility index (Phi) is 8.14. The second-order valence-corrected chi connectivity index (χ2v) is 6.71. The van der Waals surface area contributed by atoms with Gasteiger partial charge in [-0.3, -0.25) is 4.79 Å². The summed E-state index contributed by atoms with van der Waals surface area (Å²) in [6.45, 7) is 4.82. The van der Waals surface area contributed by atoms with Crippen LogP contribution >= 0.6 is 22.6 Å². The summed E-state index contributed by atoms with van der Waals surface area (Å²) < 4.78 is 17.2. The monoisotopic (exact) mass is 492 g/mol. The lowest BCUT2D eigenvalue weighted by atomic mass is 10.1. The van der Waals surface area contributed by atoms with Crippen LogP contribution in [0.25, 0.3) is 6.08 Å². The molecular formula is C21H21IN2O4. The SMILES string of the molecule is CCOc1ccc(NC(=O)/C(C#N)=C\c2cc(I)c(OC)c(OCC)c2)cc1. The maximum atomic E-state index is 12.5. The number of nitriles is 1. The van der Waals surface area contributed by atoms with Crippen LogP contribution in [0.15, 0.2) is 42.0 Å². The van der Waals surface area contributed by atoms with Crippen LogP contribution in [0.5, 0.6) is 17.2 Å². The second-order valence-electron chi connectivity index (χ2n) is 5.55. The molecule has 0 aromatic heterocycles. The van der Waals surface area contributed by atoms with E-state index in [2.05, 4.69) is 27.9 Å². The zero-order valence-corrected chi connectivity index (χ0v) is 18.1. The van der Waals surface area contributed by atoms with Crippen LogP contribution in [0.1, 0.15) is 19.4 Å². The third-order valence-corrected chi connectivity index (χ3v) is 4.44. The molecule has 0 fully saturated rings. The molecular weight excluding hydrogens is 471 g/mol. The van der Waals surface area contributed by atoms with Crippen molar-refractivity contribution in [3.63, 3.8) is 0 Å². The molecule has 1 N–H and O–H groups in total. The molecule has 0 spiro atoms. The van der Waals surface area contributed by atoms with Gasteiger partial charge >= 0.3 is 0 Å². The van der Waals surface area contributed by atoms with Crippen molar-refractivity contribution in [2.45, 2.75) is 13.8 Å². The molecule has 28 heavy (non-hydrogen) atoms. The lowest BCUT2D eigenvalue weighted by Gasteiger charge is -2.12. The largest absolute Gasteiger partial charge is 0.494 e. The van der Waals surface area contributed by atoms with Crippen molar-refractivity contribution in [3.8, 4) is 23.3 Å². The lowest BCUT2D eigenvalue weighted by molar-refractivity contribution is -0.112. The number of carbonyl (C=O) groups excluding carboxylic acids is 1. The van der Waals surface area contributed by atoms with Crippen molar-refractivity contribution in [1.29, 1.82) is 5.26 Å². The number of carbonyl (C=O) groups is 1. The number of benzene rings is 2. The average Bonchev–Trinajstić information content (AvgIpc) is 2.68. The second kappa shape index (κ2) is 10.6.